The Balaban J connectivity index is 2.88. The van der Waals surface area contributed by atoms with E-state index in [0.717, 1.165) is 12.2 Å². The first kappa shape index (κ1) is 18.9. The van der Waals surface area contributed by atoms with Crippen molar-refractivity contribution in [3.05, 3.63) is 18.2 Å². The van der Waals surface area contributed by atoms with E-state index in [4.69, 9.17) is 10.2 Å². The quantitative estimate of drug-likeness (QED) is 0.784. The standard InChI is InChI=1S/C16H31N3O2Si/c1-12(10-15-18-8-9-19(15)5)13(11-14(17)20)21-22(6,7)16(2,3)4/h8-9,12-13H,10-11H2,1-7H3,(H2,17,20)/t12-,13+/m1/s1. The molecule has 0 radical (unpaired) electrons. The molecule has 0 aromatic carbocycles. The molecule has 0 aliphatic heterocycles. The molecule has 126 valence electrons. The Labute approximate surface area is 135 Å². The van der Waals surface area contributed by atoms with Crippen LogP contribution in [0.2, 0.25) is 18.1 Å². The van der Waals surface area contributed by atoms with E-state index in [9.17, 15) is 4.79 Å². The number of imidazole rings is 1. The molecule has 22 heavy (non-hydrogen) atoms. The maximum Gasteiger partial charge on any atom is 0.219 e. The number of primary amides is 1. The fourth-order valence-corrected chi connectivity index (χ4v) is 3.55. The Morgan fingerprint density at radius 2 is 2.05 bits per heavy atom. The first-order valence-corrected chi connectivity index (χ1v) is 10.8. The van der Waals surface area contributed by atoms with Crippen molar-refractivity contribution >= 4 is 14.2 Å². The number of aryl methyl sites for hydroxylation is 1. The van der Waals surface area contributed by atoms with Gasteiger partial charge >= 0.3 is 0 Å². The van der Waals surface area contributed by atoms with Crippen LogP contribution in [-0.2, 0) is 22.7 Å². The van der Waals surface area contributed by atoms with Crippen LogP contribution in [0.1, 0.15) is 39.9 Å². The highest BCUT2D eigenvalue weighted by molar-refractivity contribution is 6.74. The number of amides is 1. The summed E-state index contributed by atoms with van der Waals surface area (Å²) in [6.07, 6.45) is 4.60. The third kappa shape index (κ3) is 4.95. The highest BCUT2D eigenvalue weighted by Crippen LogP contribution is 2.38. The molecule has 0 aliphatic carbocycles. The van der Waals surface area contributed by atoms with Crippen LogP contribution < -0.4 is 5.73 Å². The first-order valence-electron chi connectivity index (χ1n) is 7.86. The lowest BCUT2D eigenvalue weighted by atomic mass is 9.98. The van der Waals surface area contributed by atoms with Crippen molar-refractivity contribution in [3.8, 4) is 0 Å². The first-order chi connectivity index (χ1) is 9.94. The van der Waals surface area contributed by atoms with Gasteiger partial charge in [-0.3, -0.25) is 4.79 Å². The highest BCUT2D eigenvalue weighted by atomic mass is 28.4. The average Bonchev–Trinajstić information content (AvgIpc) is 2.71. The molecule has 1 aromatic heterocycles. The summed E-state index contributed by atoms with van der Waals surface area (Å²) < 4.78 is 8.47. The monoisotopic (exact) mass is 325 g/mol. The van der Waals surface area contributed by atoms with Gasteiger partial charge in [-0.05, 0) is 24.1 Å². The Morgan fingerprint density at radius 3 is 2.45 bits per heavy atom. The van der Waals surface area contributed by atoms with Gasteiger partial charge in [-0.1, -0.05) is 27.7 Å². The SMILES string of the molecule is C[C@H](Cc1nccn1C)[C@H](CC(N)=O)O[Si](C)(C)C(C)(C)C. The Morgan fingerprint density at radius 1 is 1.45 bits per heavy atom. The summed E-state index contributed by atoms with van der Waals surface area (Å²) in [7, 11) is 0.0317. The van der Waals surface area contributed by atoms with Crippen LogP contribution in [0.5, 0.6) is 0 Å². The third-order valence-electron chi connectivity index (χ3n) is 4.71. The van der Waals surface area contributed by atoms with Gasteiger partial charge in [-0.2, -0.15) is 0 Å². The van der Waals surface area contributed by atoms with E-state index in [1.807, 2.05) is 17.8 Å². The summed E-state index contributed by atoms with van der Waals surface area (Å²) in [6.45, 7) is 13.1. The van der Waals surface area contributed by atoms with Gasteiger partial charge < -0.3 is 14.7 Å². The van der Waals surface area contributed by atoms with Gasteiger partial charge in [0.2, 0.25) is 5.91 Å². The summed E-state index contributed by atoms with van der Waals surface area (Å²) >= 11 is 0. The zero-order chi connectivity index (χ0) is 17.1. The number of carbonyl (C=O) groups is 1. The zero-order valence-electron chi connectivity index (χ0n) is 15.0. The number of rotatable bonds is 7. The molecule has 1 amide bonds. The molecule has 1 aromatic rings. The Hall–Kier alpha value is -1.14. The molecule has 2 N–H and O–H groups in total. The molecule has 0 unspecified atom stereocenters. The second kappa shape index (κ2) is 6.96. The van der Waals surface area contributed by atoms with E-state index < -0.39 is 8.32 Å². The fraction of sp³-hybridized carbons (Fsp3) is 0.750. The molecule has 2 atom stereocenters. The summed E-state index contributed by atoms with van der Waals surface area (Å²) in [5.41, 5.74) is 5.44. The number of nitrogens with zero attached hydrogens (tertiary/aromatic N) is 2. The Kier molecular flexibility index (Phi) is 5.98. The second-order valence-electron chi connectivity index (χ2n) is 7.72. The van der Waals surface area contributed by atoms with E-state index in [1.165, 1.54) is 0 Å². The van der Waals surface area contributed by atoms with Crippen molar-refractivity contribution < 1.29 is 9.22 Å². The average molecular weight is 326 g/mol. The summed E-state index contributed by atoms with van der Waals surface area (Å²) in [5.74, 6) is 0.874. The van der Waals surface area contributed by atoms with Gasteiger partial charge in [0.05, 0.1) is 12.5 Å². The van der Waals surface area contributed by atoms with Crippen LogP contribution in [0.4, 0.5) is 0 Å². The minimum absolute atomic E-state index is 0.103. The van der Waals surface area contributed by atoms with Crippen LogP contribution in [0.15, 0.2) is 12.4 Å². The zero-order valence-corrected chi connectivity index (χ0v) is 16.0. The van der Waals surface area contributed by atoms with Crippen molar-refractivity contribution in [2.45, 2.75) is 64.8 Å². The van der Waals surface area contributed by atoms with Crippen LogP contribution in [-0.4, -0.2) is 29.9 Å². The van der Waals surface area contributed by atoms with E-state index in [-0.39, 0.29) is 29.4 Å². The number of nitrogens with two attached hydrogens (primary N) is 1. The maximum atomic E-state index is 11.5. The van der Waals surface area contributed by atoms with E-state index in [1.54, 1.807) is 6.20 Å². The number of carbonyl (C=O) groups excluding carboxylic acids is 1. The second-order valence-corrected chi connectivity index (χ2v) is 12.5. The minimum Gasteiger partial charge on any atom is -0.413 e. The van der Waals surface area contributed by atoms with Gasteiger partial charge in [0.15, 0.2) is 8.32 Å². The van der Waals surface area contributed by atoms with Gasteiger partial charge in [0, 0.05) is 25.9 Å². The number of hydrogen-bond acceptors (Lipinski definition) is 3. The molecular weight excluding hydrogens is 294 g/mol. The van der Waals surface area contributed by atoms with Gasteiger partial charge in [-0.25, -0.2) is 4.98 Å². The lowest BCUT2D eigenvalue weighted by Crippen LogP contribution is -2.46. The molecule has 0 saturated heterocycles. The molecule has 0 spiro atoms. The highest BCUT2D eigenvalue weighted by Gasteiger charge is 2.40. The molecular formula is C16H31N3O2Si. The molecule has 6 heteroatoms. The van der Waals surface area contributed by atoms with Crippen LogP contribution in [0.3, 0.4) is 0 Å². The Bertz CT molecular complexity index is 506. The van der Waals surface area contributed by atoms with Crippen molar-refractivity contribution in [1.29, 1.82) is 0 Å². The fourth-order valence-electron chi connectivity index (χ4n) is 2.13. The van der Waals surface area contributed by atoms with Gasteiger partial charge in [0.25, 0.3) is 0 Å². The smallest absolute Gasteiger partial charge is 0.219 e. The van der Waals surface area contributed by atoms with Crippen molar-refractivity contribution in [1.82, 2.24) is 9.55 Å². The summed E-state index contributed by atoms with van der Waals surface area (Å²) in [4.78, 5) is 15.8. The lowest BCUT2D eigenvalue weighted by molar-refractivity contribution is -0.120. The maximum absolute atomic E-state index is 11.5. The van der Waals surface area contributed by atoms with E-state index in [0.29, 0.717) is 0 Å². The van der Waals surface area contributed by atoms with E-state index in [2.05, 4.69) is 45.8 Å². The minimum atomic E-state index is -1.95. The summed E-state index contributed by atoms with van der Waals surface area (Å²) in [5, 5.41) is 0.103. The molecule has 1 heterocycles. The summed E-state index contributed by atoms with van der Waals surface area (Å²) in [6, 6.07) is 0. The normalized spacial score (nSPS) is 15.6. The van der Waals surface area contributed by atoms with Crippen molar-refractivity contribution in [2.24, 2.45) is 18.7 Å². The van der Waals surface area contributed by atoms with Crippen molar-refractivity contribution in [3.63, 3.8) is 0 Å². The molecule has 5 nitrogen and oxygen atoms in total. The predicted octanol–water partition coefficient (Wildman–Crippen LogP) is 2.86. The molecule has 0 aliphatic rings. The number of aromatic nitrogens is 2. The van der Waals surface area contributed by atoms with Crippen molar-refractivity contribution in [2.75, 3.05) is 0 Å². The van der Waals surface area contributed by atoms with E-state index >= 15 is 0 Å². The molecule has 0 saturated carbocycles. The van der Waals surface area contributed by atoms with Crippen LogP contribution in [0.25, 0.3) is 0 Å². The topological polar surface area (TPSA) is 70.1 Å². The number of hydrogen-bond donors (Lipinski definition) is 1. The molecule has 1 rings (SSSR count). The van der Waals surface area contributed by atoms with Crippen LogP contribution >= 0.6 is 0 Å². The molecule has 0 bridgehead atoms. The third-order valence-corrected chi connectivity index (χ3v) is 9.22. The largest absolute Gasteiger partial charge is 0.413 e. The predicted molar refractivity (Wildman–Crippen MR) is 92.0 cm³/mol. The lowest BCUT2D eigenvalue weighted by Gasteiger charge is -2.40. The molecule has 0 fully saturated rings. The van der Waals surface area contributed by atoms with Gasteiger partial charge in [0.1, 0.15) is 5.82 Å². The van der Waals surface area contributed by atoms with Gasteiger partial charge in [-0.15, -0.1) is 0 Å². The van der Waals surface area contributed by atoms with Crippen LogP contribution in [0, 0.1) is 5.92 Å².